The summed E-state index contributed by atoms with van der Waals surface area (Å²) in [6.07, 6.45) is 4.95. The first kappa shape index (κ1) is 8.52. The average Bonchev–Trinajstić information content (AvgIpc) is 2.88. The Kier molecular flexibility index (Phi) is 2.37. The molecule has 1 aromatic rings. The standard InChI is InChI=1S/C10H12S2/c1-11-10(7-8-10)12-9-5-3-2-4-6-9/h2-6H,7-8H2,1H3. The molecule has 1 aromatic carbocycles. The molecule has 0 aromatic heterocycles. The highest BCUT2D eigenvalue weighted by Crippen LogP contribution is 2.58. The summed E-state index contributed by atoms with van der Waals surface area (Å²) in [5.74, 6) is 0. The normalized spacial score (nSPS) is 19.1. The summed E-state index contributed by atoms with van der Waals surface area (Å²) in [5, 5.41) is 0. The molecule has 1 fully saturated rings. The Labute approximate surface area is 82.1 Å². The van der Waals surface area contributed by atoms with Crippen molar-refractivity contribution in [3.05, 3.63) is 30.3 Å². The molecule has 0 spiro atoms. The summed E-state index contributed by atoms with van der Waals surface area (Å²) in [5.41, 5.74) is 0. The van der Waals surface area contributed by atoms with Crippen LogP contribution in [0.1, 0.15) is 12.8 Å². The van der Waals surface area contributed by atoms with Gasteiger partial charge in [-0.25, -0.2) is 0 Å². The second-order valence-corrected chi connectivity index (χ2v) is 5.94. The number of thioether (sulfide) groups is 2. The van der Waals surface area contributed by atoms with Crippen LogP contribution in [-0.4, -0.2) is 10.3 Å². The van der Waals surface area contributed by atoms with Crippen LogP contribution in [0.25, 0.3) is 0 Å². The molecule has 0 radical (unpaired) electrons. The number of benzene rings is 1. The van der Waals surface area contributed by atoms with E-state index in [9.17, 15) is 0 Å². The van der Waals surface area contributed by atoms with Crippen LogP contribution in [0.4, 0.5) is 0 Å². The molecule has 64 valence electrons. The van der Waals surface area contributed by atoms with E-state index in [0.717, 1.165) is 0 Å². The van der Waals surface area contributed by atoms with Crippen molar-refractivity contribution in [1.29, 1.82) is 0 Å². The lowest BCUT2D eigenvalue weighted by molar-refractivity contribution is 1.36. The minimum absolute atomic E-state index is 0.529. The lowest BCUT2D eigenvalue weighted by Crippen LogP contribution is -1.92. The van der Waals surface area contributed by atoms with Gasteiger partial charge in [0.05, 0.1) is 4.08 Å². The zero-order chi connectivity index (χ0) is 8.44. The fourth-order valence-corrected chi connectivity index (χ4v) is 3.31. The summed E-state index contributed by atoms with van der Waals surface area (Å²) < 4.78 is 0.529. The van der Waals surface area contributed by atoms with Crippen LogP contribution in [-0.2, 0) is 0 Å². The van der Waals surface area contributed by atoms with E-state index in [1.54, 1.807) is 0 Å². The lowest BCUT2D eigenvalue weighted by Gasteiger charge is -2.10. The first-order valence-corrected chi connectivity index (χ1v) is 6.18. The third-order valence-corrected chi connectivity index (χ3v) is 5.27. The molecule has 1 saturated carbocycles. The van der Waals surface area contributed by atoms with Gasteiger partial charge in [-0.15, -0.1) is 23.5 Å². The molecule has 0 aliphatic heterocycles. The fourth-order valence-electron chi connectivity index (χ4n) is 1.15. The quantitative estimate of drug-likeness (QED) is 0.677. The van der Waals surface area contributed by atoms with Gasteiger partial charge in [-0.1, -0.05) is 18.2 Å². The molecule has 12 heavy (non-hydrogen) atoms. The average molecular weight is 196 g/mol. The number of hydrogen-bond acceptors (Lipinski definition) is 2. The van der Waals surface area contributed by atoms with Crippen molar-refractivity contribution < 1.29 is 0 Å². The summed E-state index contributed by atoms with van der Waals surface area (Å²) >= 11 is 4.02. The van der Waals surface area contributed by atoms with E-state index >= 15 is 0 Å². The zero-order valence-corrected chi connectivity index (χ0v) is 8.75. The lowest BCUT2D eigenvalue weighted by atomic mass is 10.4. The Bertz CT molecular complexity index is 252. The Hall–Kier alpha value is -0.0800. The van der Waals surface area contributed by atoms with E-state index in [4.69, 9.17) is 0 Å². The van der Waals surface area contributed by atoms with Crippen LogP contribution in [0.15, 0.2) is 35.2 Å². The molecule has 0 saturated heterocycles. The van der Waals surface area contributed by atoms with Crippen molar-refractivity contribution in [2.24, 2.45) is 0 Å². The molecule has 1 aliphatic carbocycles. The predicted octanol–water partition coefficient (Wildman–Crippen LogP) is 3.63. The summed E-state index contributed by atoms with van der Waals surface area (Å²) in [7, 11) is 0. The molecular formula is C10H12S2. The molecule has 0 N–H and O–H groups in total. The van der Waals surface area contributed by atoms with Gasteiger partial charge in [-0.05, 0) is 31.2 Å². The van der Waals surface area contributed by atoms with E-state index in [-0.39, 0.29) is 0 Å². The van der Waals surface area contributed by atoms with Crippen molar-refractivity contribution in [2.75, 3.05) is 6.26 Å². The summed E-state index contributed by atoms with van der Waals surface area (Å²) in [6.45, 7) is 0. The van der Waals surface area contributed by atoms with E-state index in [0.29, 0.717) is 4.08 Å². The molecule has 1 aliphatic rings. The topological polar surface area (TPSA) is 0 Å². The van der Waals surface area contributed by atoms with E-state index in [2.05, 4.69) is 36.6 Å². The maximum atomic E-state index is 2.21. The minimum Gasteiger partial charge on any atom is -0.147 e. The Morgan fingerprint density at radius 1 is 1.17 bits per heavy atom. The molecule has 2 rings (SSSR count). The van der Waals surface area contributed by atoms with Crippen molar-refractivity contribution in [3.8, 4) is 0 Å². The van der Waals surface area contributed by atoms with Gasteiger partial charge in [-0.2, -0.15) is 0 Å². The van der Waals surface area contributed by atoms with Gasteiger partial charge in [0.25, 0.3) is 0 Å². The van der Waals surface area contributed by atoms with Gasteiger partial charge in [0, 0.05) is 4.90 Å². The second kappa shape index (κ2) is 3.35. The van der Waals surface area contributed by atoms with Gasteiger partial charge < -0.3 is 0 Å². The molecule has 0 atom stereocenters. The van der Waals surface area contributed by atoms with Gasteiger partial charge in [0.1, 0.15) is 0 Å². The highest BCUT2D eigenvalue weighted by atomic mass is 32.2. The largest absolute Gasteiger partial charge is 0.147 e. The minimum atomic E-state index is 0.529. The van der Waals surface area contributed by atoms with Crippen LogP contribution >= 0.6 is 23.5 Å². The Balaban J connectivity index is 2.04. The molecule has 0 heterocycles. The third kappa shape index (κ3) is 1.80. The smallest absolute Gasteiger partial charge is 0.0657 e. The SMILES string of the molecule is CSC1(Sc2ccccc2)CC1. The van der Waals surface area contributed by atoms with Gasteiger partial charge in [0.2, 0.25) is 0 Å². The van der Waals surface area contributed by atoms with Crippen molar-refractivity contribution in [2.45, 2.75) is 21.8 Å². The Morgan fingerprint density at radius 3 is 2.33 bits per heavy atom. The van der Waals surface area contributed by atoms with Crippen LogP contribution in [0.3, 0.4) is 0 Å². The molecular weight excluding hydrogens is 184 g/mol. The zero-order valence-electron chi connectivity index (χ0n) is 7.12. The molecule has 2 heteroatoms. The van der Waals surface area contributed by atoms with Crippen LogP contribution in [0.2, 0.25) is 0 Å². The van der Waals surface area contributed by atoms with Crippen molar-refractivity contribution in [3.63, 3.8) is 0 Å². The predicted molar refractivity (Wildman–Crippen MR) is 57.8 cm³/mol. The maximum absolute atomic E-state index is 2.21. The monoisotopic (exact) mass is 196 g/mol. The van der Waals surface area contributed by atoms with Gasteiger partial charge in [0.15, 0.2) is 0 Å². The van der Waals surface area contributed by atoms with Crippen molar-refractivity contribution >= 4 is 23.5 Å². The molecule has 0 bridgehead atoms. The summed E-state index contributed by atoms with van der Waals surface area (Å²) in [6, 6.07) is 10.7. The maximum Gasteiger partial charge on any atom is 0.0657 e. The fraction of sp³-hybridized carbons (Fsp3) is 0.400. The third-order valence-electron chi connectivity index (χ3n) is 2.08. The summed E-state index contributed by atoms with van der Waals surface area (Å²) in [4.78, 5) is 1.41. The molecule has 0 amide bonds. The number of hydrogen-bond donors (Lipinski definition) is 0. The van der Waals surface area contributed by atoms with Crippen LogP contribution in [0.5, 0.6) is 0 Å². The molecule has 0 unspecified atom stereocenters. The van der Waals surface area contributed by atoms with Crippen LogP contribution < -0.4 is 0 Å². The first-order chi connectivity index (χ1) is 5.85. The Morgan fingerprint density at radius 2 is 1.83 bits per heavy atom. The van der Waals surface area contributed by atoms with Crippen LogP contribution in [0, 0.1) is 0 Å². The van der Waals surface area contributed by atoms with E-state index in [1.165, 1.54) is 17.7 Å². The second-order valence-electron chi connectivity index (χ2n) is 3.03. The highest BCUT2D eigenvalue weighted by molar-refractivity contribution is 8.18. The highest BCUT2D eigenvalue weighted by Gasteiger charge is 2.42. The van der Waals surface area contributed by atoms with E-state index in [1.807, 2.05) is 23.5 Å². The van der Waals surface area contributed by atoms with Crippen molar-refractivity contribution in [1.82, 2.24) is 0 Å². The van der Waals surface area contributed by atoms with Gasteiger partial charge >= 0.3 is 0 Å². The number of rotatable bonds is 3. The van der Waals surface area contributed by atoms with Gasteiger partial charge in [-0.3, -0.25) is 0 Å². The van der Waals surface area contributed by atoms with E-state index < -0.39 is 0 Å². The molecule has 0 nitrogen and oxygen atoms in total. The first-order valence-electron chi connectivity index (χ1n) is 4.14.